The van der Waals surface area contributed by atoms with Crippen molar-refractivity contribution in [2.45, 2.75) is 71.4 Å². The zero-order valence-electron chi connectivity index (χ0n) is 23.3. The zero-order valence-corrected chi connectivity index (χ0v) is 23.3. The Morgan fingerprint density at radius 2 is 1.82 bits per heavy atom. The molecule has 2 aliphatic carbocycles. The number of allylic oxidation sites excluding steroid dienone is 2. The first-order chi connectivity index (χ1) is 18.8. The molecule has 0 spiro atoms. The number of hydrogen-bond donors (Lipinski definition) is 2. The summed E-state index contributed by atoms with van der Waals surface area (Å²) in [7, 11) is 0. The van der Waals surface area contributed by atoms with Crippen molar-refractivity contribution in [2.24, 2.45) is 17.8 Å². The molecule has 5 rings (SSSR count). The summed E-state index contributed by atoms with van der Waals surface area (Å²) in [4.78, 5) is 29.4. The SMILES string of the molecule is Cc1ccc(NC(=O)[C@H]2CCCN(C(=O)c3c(C)cccc3F)[C@H]2C2C=CC(NC3CC[C@@H](C)C3)=CC2)cc1. The molecule has 2 fully saturated rings. The van der Waals surface area contributed by atoms with Gasteiger partial charge in [0.15, 0.2) is 0 Å². The summed E-state index contributed by atoms with van der Waals surface area (Å²) in [6.07, 6.45) is 12.2. The van der Waals surface area contributed by atoms with Gasteiger partial charge < -0.3 is 15.5 Å². The van der Waals surface area contributed by atoms with Crippen LogP contribution in [0.4, 0.5) is 10.1 Å². The minimum atomic E-state index is -0.513. The molecule has 1 saturated heterocycles. The Morgan fingerprint density at radius 3 is 2.49 bits per heavy atom. The Labute approximate surface area is 231 Å². The number of anilines is 1. The molecule has 0 bridgehead atoms. The average Bonchev–Trinajstić information content (AvgIpc) is 3.34. The number of aryl methyl sites for hydroxylation is 2. The van der Waals surface area contributed by atoms with Gasteiger partial charge in [-0.3, -0.25) is 9.59 Å². The molecule has 206 valence electrons. The van der Waals surface area contributed by atoms with Crippen molar-refractivity contribution in [3.05, 3.63) is 88.9 Å². The molecule has 0 radical (unpaired) electrons. The number of nitrogens with zero attached hydrogens (tertiary/aromatic N) is 1. The van der Waals surface area contributed by atoms with Crippen molar-refractivity contribution in [1.82, 2.24) is 10.2 Å². The van der Waals surface area contributed by atoms with Gasteiger partial charge in [0.1, 0.15) is 5.82 Å². The van der Waals surface area contributed by atoms with E-state index in [2.05, 4.69) is 35.8 Å². The lowest BCUT2D eigenvalue weighted by Crippen LogP contribution is -2.55. The van der Waals surface area contributed by atoms with E-state index in [1.165, 1.54) is 25.3 Å². The highest BCUT2D eigenvalue weighted by Gasteiger charge is 2.43. The third-order valence-electron chi connectivity index (χ3n) is 8.68. The van der Waals surface area contributed by atoms with Crippen LogP contribution in [-0.4, -0.2) is 35.3 Å². The van der Waals surface area contributed by atoms with Gasteiger partial charge in [-0.2, -0.15) is 0 Å². The Hall–Kier alpha value is -3.41. The molecular formula is C33H40FN3O2. The third-order valence-corrected chi connectivity index (χ3v) is 8.68. The normalized spacial score (nSPS) is 26.7. The van der Waals surface area contributed by atoms with Crippen molar-refractivity contribution in [1.29, 1.82) is 0 Å². The van der Waals surface area contributed by atoms with Crippen LogP contribution < -0.4 is 10.6 Å². The van der Waals surface area contributed by atoms with Crippen molar-refractivity contribution < 1.29 is 14.0 Å². The van der Waals surface area contributed by atoms with Crippen LogP contribution >= 0.6 is 0 Å². The maximum Gasteiger partial charge on any atom is 0.257 e. The number of benzene rings is 2. The fraction of sp³-hybridized carbons (Fsp3) is 0.455. The number of hydrogen-bond acceptors (Lipinski definition) is 3. The zero-order chi connectivity index (χ0) is 27.5. The minimum Gasteiger partial charge on any atom is -0.383 e. The number of piperidine rings is 1. The molecule has 2 N–H and O–H groups in total. The molecule has 39 heavy (non-hydrogen) atoms. The minimum absolute atomic E-state index is 0.0388. The van der Waals surface area contributed by atoms with Gasteiger partial charge in [-0.15, -0.1) is 0 Å². The van der Waals surface area contributed by atoms with E-state index < -0.39 is 11.7 Å². The molecule has 6 heteroatoms. The quantitative estimate of drug-likeness (QED) is 0.447. The van der Waals surface area contributed by atoms with Crippen molar-refractivity contribution in [3.8, 4) is 0 Å². The van der Waals surface area contributed by atoms with Crippen LogP contribution in [0.5, 0.6) is 0 Å². The summed E-state index contributed by atoms with van der Waals surface area (Å²) in [5.74, 6) is -0.619. The predicted molar refractivity (Wildman–Crippen MR) is 154 cm³/mol. The number of halogens is 1. The highest BCUT2D eigenvalue weighted by Crippen LogP contribution is 2.36. The second-order valence-electron chi connectivity index (χ2n) is 11.7. The Bertz CT molecular complexity index is 1250. The first-order valence-corrected chi connectivity index (χ1v) is 14.4. The highest BCUT2D eigenvalue weighted by atomic mass is 19.1. The predicted octanol–water partition coefficient (Wildman–Crippen LogP) is 6.54. The van der Waals surface area contributed by atoms with E-state index in [1.54, 1.807) is 24.0 Å². The monoisotopic (exact) mass is 529 g/mol. The average molecular weight is 530 g/mol. The standard InChI is InChI=1S/C33H40FN3O2/c1-21-9-14-26(15-10-21)36-32(38)28-7-5-19-37(33(39)30-23(3)6-4-8-29(30)34)31(28)24-12-17-25(18-13-24)35-27-16-11-22(2)20-27/h4,6,8-10,12,14-15,17-18,22,24,27-28,31,35H,5,7,11,13,16,19-20H2,1-3H3,(H,36,38)/t22-,24?,27?,28+,31+/m1/s1. The molecule has 1 aliphatic heterocycles. The lowest BCUT2D eigenvalue weighted by molar-refractivity contribution is -0.123. The van der Waals surface area contributed by atoms with Crippen LogP contribution in [0.15, 0.2) is 66.4 Å². The number of amides is 2. The van der Waals surface area contributed by atoms with Crippen molar-refractivity contribution in [3.63, 3.8) is 0 Å². The van der Waals surface area contributed by atoms with Crippen LogP contribution in [-0.2, 0) is 4.79 Å². The molecule has 2 amide bonds. The van der Waals surface area contributed by atoms with E-state index in [0.717, 1.165) is 29.3 Å². The number of nitrogens with one attached hydrogen (secondary N) is 2. The second-order valence-corrected chi connectivity index (χ2v) is 11.7. The van der Waals surface area contributed by atoms with Crippen LogP contribution in [0.25, 0.3) is 0 Å². The summed E-state index contributed by atoms with van der Waals surface area (Å²) >= 11 is 0. The smallest absolute Gasteiger partial charge is 0.257 e. The Kier molecular flexibility index (Phi) is 8.20. The largest absolute Gasteiger partial charge is 0.383 e. The van der Waals surface area contributed by atoms with Crippen LogP contribution in [0.1, 0.15) is 66.9 Å². The van der Waals surface area contributed by atoms with Crippen LogP contribution in [0, 0.1) is 37.4 Å². The topological polar surface area (TPSA) is 61.4 Å². The molecule has 1 heterocycles. The van der Waals surface area contributed by atoms with E-state index in [4.69, 9.17) is 0 Å². The summed E-state index contributed by atoms with van der Waals surface area (Å²) < 4.78 is 14.9. The molecular weight excluding hydrogens is 489 g/mol. The van der Waals surface area contributed by atoms with Crippen molar-refractivity contribution >= 4 is 17.5 Å². The maximum absolute atomic E-state index is 14.9. The number of carbonyl (C=O) groups is 2. The van der Waals surface area contributed by atoms with E-state index in [1.807, 2.05) is 31.2 Å². The van der Waals surface area contributed by atoms with Gasteiger partial charge in [0.25, 0.3) is 5.91 Å². The fourth-order valence-corrected chi connectivity index (χ4v) is 6.56. The van der Waals surface area contributed by atoms with Gasteiger partial charge in [0, 0.05) is 29.9 Å². The lowest BCUT2D eigenvalue weighted by atomic mass is 9.77. The van der Waals surface area contributed by atoms with E-state index in [0.29, 0.717) is 31.0 Å². The third kappa shape index (κ3) is 6.10. The molecule has 2 aromatic carbocycles. The summed E-state index contributed by atoms with van der Waals surface area (Å²) in [5.41, 5.74) is 3.70. The molecule has 3 aliphatic rings. The van der Waals surface area contributed by atoms with Gasteiger partial charge in [-0.25, -0.2) is 4.39 Å². The Balaban J connectivity index is 1.40. The second kappa shape index (κ2) is 11.8. The first kappa shape index (κ1) is 27.2. The van der Waals surface area contributed by atoms with Gasteiger partial charge in [0.2, 0.25) is 5.91 Å². The van der Waals surface area contributed by atoms with Crippen LogP contribution in [0.2, 0.25) is 0 Å². The highest BCUT2D eigenvalue weighted by molar-refractivity contribution is 5.98. The summed E-state index contributed by atoms with van der Waals surface area (Å²) in [5, 5.41) is 6.77. The van der Waals surface area contributed by atoms with E-state index in [-0.39, 0.29) is 29.3 Å². The summed E-state index contributed by atoms with van der Waals surface area (Å²) in [6, 6.07) is 12.6. The first-order valence-electron chi connectivity index (χ1n) is 14.4. The van der Waals surface area contributed by atoms with E-state index in [9.17, 15) is 14.0 Å². The Morgan fingerprint density at radius 1 is 1.03 bits per heavy atom. The number of carbonyl (C=O) groups excluding carboxylic acids is 2. The molecule has 5 nitrogen and oxygen atoms in total. The van der Waals surface area contributed by atoms with E-state index >= 15 is 0 Å². The van der Waals surface area contributed by atoms with Crippen molar-refractivity contribution in [2.75, 3.05) is 11.9 Å². The lowest BCUT2D eigenvalue weighted by Gasteiger charge is -2.44. The molecule has 0 aromatic heterocycles. The van der Waals surface area contributed by atoms with Gasteiger partial charge in [0.05, 0.1) is 17.5 Å². The molecule has 5 atom stereocenters. The van der Waals surface area contributed by atoms with Gasteiger partial charge >= 0.3 is 0 Å². The summed E-state index contributed by atoms with van der Waals surface area (Å²) in [6.45, 7) is 6.58. The number of rotatable bonds is 6. The van der Waals surface area contributed by atoms with Crippen LogP contribution in [0.3, 0.4) is 0 Å². The van der Waals surface area contributed by atoms with Gasteiger partial charge in [-0.1, -0.05) is 48.9 Å². The molecule has 1 saturated carbocycles. The van der Waals surface area contributed by atoms with Gasteiger partial charge in [-0.05, 0) is 88.1 Å². The molecule has 2 unspecified atom stereocenters. The number of likely N-dealkylation sites (tertiary alicyclic amines) is 1. The molecule has 2 aromatic rings. The maximum atomic E-state index is 14.9. The fourth-order valence-electron chi connectivity index (χ4n) is 6.56.